The Bertz CT molecular complexity index is 1410. The zero-order valence-corrected chi connectivity index (χ0v) is 28.3. The second-order valence-electron chi connectivity index (χ2n) is 12.8. The van der Waals surface area contributed by atoms with E-state index < -0.39 is 52.1 Å². The Balaban J connectivity index is 1.56. The zero-order chi connectivity index (χ0) is 34.0. The molecule has 260 valence electrons. The standard InChI is InChI=1S/C33H48N4O9S/c1-33(2,16-8-17-35-31(39)34-3)20-27(37-47(41,42)24-13-11-23(43-4)12-14-24)29(38)26(19-22-9-6-5-7-10-22)36-32(40)46-28-21-45-30-25(28)15-18-44-30/h5-7,9-14,25-30,37-38H,8,15-21H2,1-4H3,(H,36,40)(H2,34,35,39)/t25-,26-,27?,28-,29+,30-/m0/s1. The number of amides is 3. The van der Waals surface area contributed by atoms with Crippen molar-refractivity contribution >= 4 is 22.1 Å². The first kappa shape index (κ1) is 36.4. The molecular formula is C33H48N4O9S. The summed E-state index contributed by atoms with van der Waals surface area (Å²) in [6.45, 7) is 5.11. The van der Waals surface area contributed by atoms with Crippen molar-refractivity contribution in [1.82, 2.24) is 20.7 Å². The molecule has 47 heavy (non-hydrogen) atoms. The van der Waals surface area contributed by atoms with Crippen LogP contribution in [-0.4, -0.2) is 90.1 Å². The Morgan fingerprint density at radius 3 is 2.47 bits per heavy atom. The molecule has 2 aromatic carbocycles. The summed E-state index contributed by atoms with van der Waals surface area (Å²) in [7, 11) is -1.08. The van der Waals surface area contributed by atoms with Crippen LogP contribution in [0.5, 0.6) is 5.75 Å². The maximum absolute atomic E-state index is 13.7. The van der Waals surface area contributed by atoms with Crippen LogP contribution in [0.15, 0.2) is 59.5 Å². The third kappa shape index (κ3) is 10.5. The van der Waals surface area contributed by atoms with Crippen molar-refractivity contribution in [2.24, 2.45) is 11.3 Å². The summed E-state index contributed by atoms with van der Waals surface area (Å²) in [5.74, 6) is 0.432. The van der Waals surface area contributed by atoms with Gasteiger partial charge >= 0.3 is 12.1 Å². The van der Waals surface area contributed by atoms with Crippen LogP contribution in [0, 0.1) is 11.3 Å². The number of carbonyl (C=O) groups excluding carboxylic acids is 2. The lowest BCUT2D eigenvalue weighted by Gasteiger charge is -2.36. The van der Waals surface area contributed by atoms with Crippen LogP contribution >= 0.6 is 0 Å². The molecule has 6 atom stereocenters. The van der Waals surface area contributed by atoms with Crippen molar-refractivity contribution in [3.05, 3.63) is 60.2 Å². The fourth-order valence-electron chi connectivity index (χ4n) is 6.08. The van der Waals surface area contributed by atoms with Gasteiger partial charge in [-0.2, -0.15) is 0 Å². The zero-order valence-electron chi connectivity index (χ0n) is 27.4. The molecule has 2 aromatic rings. The first-order valence-corrected chi connectivity index (χ1v) is 17.4. The molecule has 0 bridgehead atoms. The number of nitrogens with one attached hydrogen (secondary N) is 4. The molecule has 3 amide bonds. The number of alkyl carbamates (subject to hydrolysis) is 1. The van der Waals surface area contributed by atoms with Crippen molar-refractivity contribution in [3.8, 4) is 5.75 Å². The number of benzene rings is 2. The summed E-state index contributed by atoms with van der Waals surface area (Å²) < 4.78 is 52.2. The third-order valence-corrected chi connectivity index (χ3v) is 10.2. The van der Waals surface area contributed by atoms with E-state index in [1.807, 2.05) is 44.2 Å². The van der Waals surface area contributed by atoms with E-state index in [0.717, 1.165) is 5.56 Å². The summed E-state index contributed by atoms with van der Waals surface area (Å²) in [4.78, 5) is 24.9. The number of hydrogen-bond acceptors (Lipinski definition) is 9. The fraction of sp³-hybridized carbons (Fsp3) is 0.576. The summed E-state index contributed by atoms with van der Waals surface area (Å²) in [6, 6.07) is 13.1. The lowest BCUT2D eigenvalue weighted by molar-refractivity contribution is -0.0907. The average molecular weight is 677 g/mol. The van der Waals surface area contributed by atoms with Crippen molar-refractivity contribution < 1.29 is 42.1 Å². The van der Waals surface area contributed by atoms with E-state index in [4.69, 9.17) is 18.9 Å². The largest absolute Gasteiger partial charge is 0.497 e. The van der Waals surface area contributed by atoms with E-state index in [9.17, 15) is 23.1 Å². The highest BCUT2D eigenvalue weighted by Crippen LogP contribution is 2.34. The molecule has 13 nitrogen and oxygen atoms in total. The number of fused-ring (bicyclic) bond motifs is 1. The Hall–Kier alpha value is -3.43. The SMILES string of the molecule is CNC(=O)NCCCC(C)(C)CC(NS(=O)(=O)c1ccc(OC)cc1)[C@H](O)[C@H](Cc1ccccc1)NC(=O)O[C@H]1CO[C@@H]2OCC[C@H]21. The number of aliphatic hydroxyl groups excluding tert-OH is 1. The highest BCUT2D eigenvalue weighted by Gasteiger charge is 2.44. The molecule has 4 rings (SSSR count). The fourth-order valence-corrected chi connectivity index (χ4v) is 7.34. The Morgan fingerprint density at radius 1 is 1.06 bits per heavy atom. The number of sulfonamides is 1. The molecule has 0 aromatic heterocycles. The van der Waals surface area contributed by atoms with Gasteiger partial charge in [0.15, 0.2) is 6.29 Å². The topological polar surface area (TPSA) is 174 Å². The van der Waals surface area contributed by atoms with Gasteiger partial charge in [-0.3, -0.25) is 0 Å². The molecule has 0 radical (unpaired) electrons. The summed E-state index contributed by atoms with van der Waals surface area (Å²) >= 11 is 0. The first-order valence-electron chi connectivity index (χ1n) is 15.9. The van der Waals surface area contributed by atoms with Gasteiger partial charge in [0.1, 0.15) is 11.9 Å². The van der Waals surface area contributed by atoms with Crippen LogP contribution in [0.25, 0.3) is 0 Å². The average Bonchev–Trinajstić information content (AvgIpc) is 3.67. The number of aliphatic hydroxyl groups is 1. The minimum Gasteiger partial charge on any atom is -0.497 e. The number of hydrogen-bond donors (Lipinski definition) is 5. The quantitative estimate of drug-likeness (QED) is 0.168. The molecule has 5 N–H and O–H groups in total. The van der Waals surface area contributed by atoms with Crippen LogP contribution in [0.1, 0.15) is 45.1 Å². The van der Waals surface area contributed by atoms with E-state index in [1.54, 1.807) is 12.1 Å². The van der Waals surface area contributed by atoms with E-state index >= 15 is 0 Å². The monoisotopic (exact) mass is 676 g/mol. The lowest BCUT2D eigenvalue weighted by atomic mass is 9.79. The van der Waals surface area contributed by atoms with E-state index in [2.05, 4.69) is 20.7 Å². The van der Waals surface area contributed by atoms with E-state index in [-0.39, 0.29) is 36.3 Å². The van der Waals surface area contributed by atoms with Crippen molar-refractivity contribution in [1.29, 1.82) is 0 Å². The number of methoxy groups -OCH3 is 1. The molecule has 0 aliphatic carbocycles. The summed E-state index contributed by atoms with van der Waals surface area (Å²) in [5, 5.41) is 20.1. The second-order valence-corrected chi connectivity index (χ2v) is 14.5. The Morgan fingerprint density at radius 2 is 1.79 bits per heavy atom. The molecule has 2 fully saturated rings. The second kappa shape index (κ2) is 16.6. The molecule has 2 aliphatic heterocycles. The lowest BCUT2D eigenvalue weighted by Crippen LogP contribution is -2.56. The summed E-state index contributed by atoms with van der Waals surface area (Å²) in [6.07, 6.45) is -0.594. The van der Waals surface area contributed by atoms with Crippen LogP contribution in [-0.2, 0) is 30.7 Å². The molecule has 2 aliphatic rings. The van der Waals surface area contributed by atoms with Crippen LogP contribution in [0.4, 0.5) is 9.59 Å². The number of rotatable bonds is 16. The van der Waals surface area contributed by atoms with Crippen molar-refractivity contribution in [2.45, 2.75) is 81.4 Å². The van der Waals surface area contributed by atoms with Crippen LogP contribution in [0.3, 0.4) is 0 Å². The van der Waals surface area contributed by atoms with Crippen LogP contribution in [0.2, 0.25) is 0 Å². The van der Waals surface area contributed by atoms with Gasteiger partial charge in [-0.15, -0.1) is 0 Å². The van der Waals surface area contributed by atoms with Gasteiger partial charge in [0.05, 0.1) is 49.3 Å². The predicted octanol–water partition coefficient (Wildman–Crippen LogP) is 2.93. The Kier molecular flexibility index (Phi) is 12.9. The maximum atomic E-state index is 13.7. The molecule has 2 heterocycles. The van der Waals surface area contributed by atoms with Crippen molar-refractivity contribution in [3.63, 3.8) is 0 Å². The number of ether oxygens (including phenoxy) is 4. The molecule has 0 spiro atoms. The van der Waals surface area contributed by atoms with Crippen LogP contribution < -0.4 is 25.4 Å². The van der Waals surface area contributed by atoms with Gasteiger partial charge in [0.2, 0.25) is 10.0 Å². The molecular weight excluding hydrogens is 628 g/mol. The van der Waals surface area contributed by atoms with Gasteiger partial charge < -0.3 is 40.0 Å². The van der Waals surface area contributed by atoms with Gasteiger partial charge in [0.25, 0.3) is 0 Å². The molecule has 0 saturated carbocycles. The van der Waals surface area contributed by atoms with Gasteiger partial charge in [0, 0.05) is 13.6 Å². The maximum Gasteiger partial charge on any atom is 0.407 e. The highest BCUT2D eigenvalue weighted by molar-refractivity contribution is 7.89. The van der Waals surface area contributed by atoms with Crippen molar-refractivity contribution in [2.75, 3.05) is 33.9 Å². The molecule has 1 unspecified atom stereocenters. The predicted molar refractivity (Wildman–Crippen MR) is 174 cm³/mol. The minimum absolute atomic E-state index is 0.00429. The Labute approximate surface area is 277 Å². The van der Waals surface area contributed by atoms with Gasteiger partial charge in [-0.25, -0.2) is 22.7 Å². The summed E-state index contributed by atoms with van der Waals surface area (Å²) in [5.41, 5.74) is 0.358. The molecule has 14 heteroatoms. The van der Waals surface area contributed by atoms with Gasteiger partial charge in [-0.1, -0.05) is 44.2 Å². The van der Waals surface area contributed by atoms with E-state index in [1.165, 1.54) is 26.3 Å². The minimum atomic E-state index is -4.11. The number of urea groups is 1. The van der Waals surface area contributed by atoms with E-state index in [0.29, 0.717) is 38.2 Å². The molecule has 2 saturated heterocycles. The van der Waals surface area contributed by atoms with Gasteiger partial charge in [-0.05, 0) is 67.3 Å². The first-order chi connectivity index (χ1) is 22.4. The third-order valence-electron chi connectivity index (χ3n) is 8.66. The smallest absolute Gasteiger partial charge is 0.407 e. The highest BCUT2D eigenvalue weighted by atomic mass is 32.2. The number of carbonyl (C=O) groups is 2. The normalized spacial score (nSPS) is 21.3.